The van der Waals surface area contributed by atoms with E-state index in [4.69, 9.17) is 4.52 Å². The van der Waals surface area contributed by atoms with Crippen LogP contribution in [0.5, 0.6) is 0 Å². The summed E-state index contributed by atoms with van der Waals surface area (Å²) < 4.78 is 84.3. The van der Waals surface area contributed by atoms with E-state index in [-0.39, 0.29) is 43.2 Å². The third-order valence-electron chi connectivity index (χ3n) is 5.89. The fourth-order valence-corrected chi connectivity index (χ4v) is 5.76. The monoisotopic (exact) mass is 447 g/mol. The lowest BCUT2D eigenvalue weighted by Gasteiger charge is -2.29. The van der Waals surface area contributed by atoms with Crippen molar-refractivity contribution in [1.29, 1.82) is 0 Å². The van der Waals surface area contributed by atoms with Crippen molar-refractivity contribution in [1.82, 2.24) is 15.0 Å². The van der Waals surface area contributed by atoms with Gasteiger partial charge in [0.05, 0.1) is 5.75 Å². The van der Waals surface area contributed by atoms with Gasteiger partial charge in [-0.2, -0.15) is 18.2 Å². The number of hydrogen-bond donors (Lipinski definition) is 0. The maximum atomic E-state index is 14.2. The molecule has 1 saturated carbocycles. The number of alkyl halides is 3. The summed E-state index contributed by atoms with van der Waals surface area (Å²) in [6.07, 6.45) is -2.40. The van der Waals surface area contributed by atoms with E-state index in [0.717, 1.165) is 12.3 Å². The minimum absolute atomic E-state index is 0.0280. The highest BCUT2D eigenvalue weighted by Gasteiger charge is 2.63. The Labute approximate surface area is 171 Å². The number of benzene rings is 1. The van der Waals surface area contributed by atoms with Gasteiger partial charge >= 0.3 is 6.18 Å². The van der Waals surface area contributed by atoms with E-state index in [2.05, 4.69) is 10.1 Å². The van der Waals surface area contributed by atoms with Crippen LogP contribution in [-0.2, 0) is 15.3 Å². The second-order valence-corrected chi connectivity index (χ2v) is 10.7. The molecule has 2 aromatic rings. The summed E-state index contributed by atoms with van der Waals surface area (Å²) in [5, 5.41) is 3.64. The van der Waals surface area contributed by atoms with Crippen molar-refractivity contribution >= 4 is 9.84 Å². The maximum Gasteiger partial charge on any atom is 0.404 e. The Morgan fingerprint density at radius 3 is 2.57 bits per heavy atom. The van der Waals surface area contributed by atoms with Crippen molar-refractivity contribution in [2.45, 2.75) is 30.9 Å². The molecule has 0 bridgehead atoms. The predicted molar refractivity (Wildman–Crippen MR) is 99.9 cm³/mol. The van der Waals surface area contributed by atoms with Crippen LogP contribution in [0.4, 0.5) is 17.6 Å². The van der Waals surface area contributed by atoms with E-state index >= 15 is 0 Å². The first-order valence-electron chi connectivity index (χ1n) is 9.49. The molecule has 1 aromatic carbocycles. The van der Waals surface area contributed by atoms with Crippen molar-refractivity contribution in [2.75, 3.05) is 31.6 Å². The number of sulfone groups is 1. The molecule has 11 heteroatoms. The fraction of sp³-hybridized carbons (Fsp3) is 0.579. The van der Waals surface area contributed by atoms with Gasteiger partial charge in [0.15, 0.2) is 5.41 Å². The molecule has 1 unspecified atom stereocenters. The van der Waals surface area contributed by atoms with E-state index in [0.29, 0.717) is 12.8 Å². The molecule has 4 rings (SSSR count). The maximum absolute atomic E-state index is 14.2. The SMILES string of the molecule is CS(=O)(=O)CC1(CN2CCC(c3nc(-c4cccc(F)c4)no3)(C(F)(F)F)C2)CC1. The molecule has 164 valence electrons. The minimum Gasteiger partial charge on any atom is -0.338 e. The quantitative estimate of drug-likeness (QED) is 0.633. The van der Waals surface area contributed by atoms with Gasteiger partial charge in [0.1, 0.15) is 15.7 Å². The highest BCUT2D eigenvalue weighted by molar-refractivity contribution is 7.90. The van der Waals surface area contributed by atoms with E-state index in [1.165, 1.54) is 18.2 Å². The van der Waals surface area contributed by atoms with Crippen LogP contribution in [-0.4, -0.2) is 61.3 Å². The molecule has 1 aliphatic heterocycles. The first-order valence-corrected chi connectivity index (χ1v) is 11.5. The molecule has 2 heterocycles. The molecule has 0 amide bonds. The summed E-state index contributed by atoms with van der Waals surface area (Å²) in [7, 11) is -3.22. The molecule has 0 N–H and O–H groups in total. The average molecular weight is 447 g/mol. The van der Waals surface area contributed by atoms with Crippen LogP contribution in [0.2, 0.25) is 0 Å². The predicted octanol–water partition coefficient (Wildman–Crippen LogP) is 3.21. The van der Waals surface area contributed by atoms with Crippen LogP contribution in [0.3, 0.4) is 0 Å². The Kier molecular flexibility index (Phi) is 4.96. The minimum atomic E-state index is -4.64. The number of likely N-dealkylation sites (tertiary alicyclic amines) is 1. The highest BCUT2D eigenvalue weighted by Crippen LogP contribution is 2.51. The standard InChI is InChI=1S/C19H21F4N3O3S/c1-30(27,28)12-17(5-6-17)10-26-8-7-18(11-26,19(21,22)23)16-24-15(25-29-16)13-3-2-4-14(20)9-13/h2-4,9H,5-8,10-12H2,1H3. The van der Waals surface area contributed by atoms with Crippen LogP contribution in [0.1, 0.15) is 25.2 Å². The van der Waals surface area contributed by atoms with Crippen molar-refractivity contribution in [3.8, 4) is 11.4 Å². The summed E-state index contributed by atoms with van der Waals surface area (Å²) in [5.41, 5.74) is -2.59. The smallest absolute Gasteiger partial charge is 0.338 e. The zero-order valence-corrected chi connectivity index (χ0v) is 17.1. The zero-order chi connectivity index (χ0) is 21.8. The van der Waals surface area contributed by atoms with Gasteiger partial charge in [-0.1, -0.05) is 17.3 Å². The first kappa shape index (κ1) is 21.2. The Morgan fingerprint density at radius 2 is 1.97 bits per heavy atom. The van der Waals surface area contributed by atoms with E-state index in [1.807, 2.05) is 0 Å². The lowest BCUT2D eigenvalue weighted by Crippen LogP contribution is -2.46. The molecular weight excluding hydrogens is 426 g/mol. The number of nitrogens with zero attached hydrogens (tertiary/aromatic N) is 3. The van der Waals surface area contributed by atoms with Crippen molar-refractivity contribution in [2.24, 2.45) is 5.41 Å². The molecule has 30 heavy (non-hydrogen) atoms. The topological polar surface area (TPSA) is 76.3 Å². The first-order chi connectivity index (χ1) is 13.9. The van der Waals surface area contributed by atoms with E-state index < -0.39 is 38.6 Å². The molecule has 2 aliphatic rings. The third kappa shape index (κ3) is 4.09. The third-order valence-corrected chi connectivity index (χ3v) is 7.03. The van der Waals surface area contributed by atoms with Gasteiger partial charge in [-0.15, -0.1) is 0 Å². The van der Waals surface area contributed by atoms with E-state index in [9.17, 15) is 26.0 Å². The van der Waals surface area contributed by atoms with Crippen molar-refractivity contribution < 1.29 is 30.5 Å². The normalized spacial score (nSPS) is 24.3. The van der Waals surface area contributed by atoms with Crippen molar-refractivity contribution in [3.63, 3.8) is 0 Å². The highest BCUT2D eigenvalue weighted by atomic mass is 32.2. The van der Waals surface area contributed by atoms with Crippen LogP contribution >= 0.6 is 0 Å². The van der Waals surface area contributed by atoms with Gasteiger partial charge in [-0.05, 0) is 43.4 Å². The molecule has 2 fully saturated rings. The number of hydrogen-bond acceptors (Lipinski definition) is 6. The van der Waals surface area contributed by atoms with Crippen LogP contribution in [0.25, 0.3) is 11.4 Å². The fourth-order valence-electron chi connectivity index (χ4n) is 4.27. The second kappa shape index (κ2) is 7.01. The van der Waals surface area contributed by atoms with Crippen molar-refractivity contribution in [3.05, 3.63) is 36.0 Å². The Morgan fingerprint density at radius 1 is 1.23 bits per heavy atom. The lowest BCUT2D eigenvalue weighted by molar-refractivity contribution is -0.193. The Bertz CT molecular complexity index is 1050. The molecule has 1 aliphatic carbocycles. The van der Waals surface area contributed by atoms with Gasteiger partial charge in [0.2, 0.25) is 11.7 Å². The lowest BCUT2D eigenvalue weighted by atomic mass is 9.86. The molecule has 1 aromatic heterocycles. The average Bonchev–Trinajstić information content (AvgIpc) is 3.04. The largest absolute Gasteiger partial charge is 0.404 e. The van der Waals surface area contributed by atoms with E-state index in [1.54, 1.807) is 4.90 Å². The van der Waals surface area contributed by atoms with Crippen LogP contribution in [0, 0.1) is 11.2 Å². The number of halogens is 4. The summed E-state index contributed by atoms with van der Waals surface area (Å²) in [4.78, 5) is 5.60. The molecule has 0 radical (unpaired) electrons. The van der Waals surface area contributed by atoms with Crippen LogP contribution < -0.4 is 0 Å². The molecule has 6 nitrogen and oxygen atoms in total. The molecule has 0 spiro atoms. The summed E-state index contributed by atoms with van der Waals surface area (Å²) in [6.45, 7) is 0.0400. The van der Waals surface area contributed by atoms with Gasteiger partial charge < -0.3 is 9.42 Å². The Hall–Kier alpha value is -2.01. The molecule has 1 saturated heterocycles. The number of rotatable bonds is 6. The number of aromatic nitrogens is 2. The Balaban J connectivity index is 1.59. The van der Waals surface area contributed by atoms with Gasteiger partial charge in [0.25, 0.3) is 0 Å². The molecular formula is C19H21F4N3O3S. The zero-order valence-electron chi connectivity index (χ0n) is 16.2. The summed E-state index contributed by atoms with van der Waals surface area (Å²) in [6, 6.07) is 5.23. The summed E-state index contributed by atoms with van der Waals surface area (Å²) in [5.74, 6) is -1.25. The second-order valence-electron chi connectivity index (χ2n) is 8.54. The van der Waals surface area contributed by atoms with Gasteiger partial charge in [-0.25, -0.2) is 12.8 Å². The van der Waals surface area contributed by atoms with Crippen LogP contribution in [0.15, 0.2) is 28.8 Å². The van der Waals surface area contributed by atoms with Gasteiger partial charge in [0, 0.05) is 24.9 Å². The molecule has 1 atom stereocenters. The van der Waals surface area contributed by atoms with Gasteiger partial charge in [-0.3, -0.25) is 0 Å². The summed E-state index contributed by atoms with van der Waals surface area (Å²) >= 11 is 0.